The van der Waals surface area contributed by atoms with Gasteiger partial charge in [0.05, 0.1) is 0 Å². The predicted octanol–water partition coefficient (Wildman–Crippen LogP) is 4.69. The van der Waals surface area contributed by atoms with Gasteiger partial charge in [-0.25, -0.2) is 0 Å². The lowest BCUT2D eigenvalue weighted by molar-refractivity contribution is 0.286. The van der Waals surface area contributed by atoms with Crippen LogP contribution in [-0.2, 0) is 6.42 Å². The first-order valence-electron chi connectivity index (χ1n) is 6.05. The van der Waals surface area contributed by atoms with Gasteiger partial charge in [-0.15, -0.1) is 0 Å². The normalized spacial score (nSPS) is 13.9. The Morgan fingerprint density at radius 3 is 2.13 bits per heavy atom. The van der Waals surface area contributed by atoms with Crippen molar-refractivity contribution in [3.8, 4) is 0 Å². The zero-order valence-corrected chi connectivity index (χ0v) is 10.6. The van der Waals surface area contributed by atoms with Crippen LogP contribution in [0.3, 0.4) is 0 Å². The van der Waals surface area contributed by atoms with Crippen molar-refractivity contribution in [2.45, 2.75) is 47.0 Å². The Balaban J connectivity index is 2.55. The van der Waals surface area contributed by atoms with Gasteiger partial charge in [-0.3, -0.25) is 0 Å². The van der Waals surface area contributed by atoms with E-state index in [-0.39, 0.29) is 0 Å². The zero-order valence-electron chi connectivity index (χ0n) is 10.6. The standard InChI is InChI=1S/C15H24/c1-5-13(12-15(2,3)4)11-14-9-7-6-8-10-14/h6-10,13H,5,11-12H2,1-4H3. The second kappa shape index (κ2) is 5.34. The van der Waals surface area contributed by atoms with Gasteiger partial charge < -0.3 is 0 Å². The summed E-state index contributed by atoms with van der Waals surface area (Å²) in [6.07, 6.45) is 3.83. The summed E-state index contributed by atoms with van der Waals surface area (Å²) in [6, 6.07) is 10.9. The maximum Gasteiger partial charge on any atom is -0.0250 e. The number of rotatable bonds is 4. The molecule has 0 amide bonds. The maximum absolute atomic E-state index is 2.33. The van der Waals surface area contributed by atoms with Crippen LogP contribution in [0.25, 0.3) is 0 Å². The fourth-order valence-electron chi connectivity index (χ4n) is 2.17. The summed E-state index contributed by atoms with van der Waals surface area (Å²) in [5.41, 5.74) is 1.93. The van der Waals surface area contributed by atoms with Crippen LogP contribution in [0.2, 0.25) is 0 Å². The van der Waals surface area contributed by atoms with Crippen LogP contribution in [0.5, 0.6) is 0 Å². The first-order chi connectivity index (χ1) is 7.01. The molecular formula is C15H24. The molecule has 1 unspecified atom stereocenters. The second-order valence-electron chi connectivity index (χ2n) is 5.73. The van der Waals surface area contributed by atoms with E-state index in [9.17, 15) is 0 Å². The minimum Gasteiger partial charge on any atom is -0.0651 e. The molecule has 0 nitrogen and oxygen atoms in total. The summed E-state index contributed by atoms with van der Waals surface area (Å²) in [6.45, 7) is 9.31. The van der Waals surface area contributed by atoms with Gasteiger partial charge >= 0.3 is 0 Å². The van der Waals surface area contributed by atoms with E-state index < -0.39 is 0 Å². The molecule has 0 saturated heterocycles. The molecule has 0 radical (unpaired) electrons. The highest BCUT2D eigenvalue weighted by molar-refractivity contribution is 5.15. The molecule has 1 rings (SSSR count). The van der Waals surface area contributed by atoms with Crippen LogP contribution in [0, 0.1) is 11.3 Å². The van der Waals surface area contributed by atoms with E-state index in [1.54, 1.807) is 0 Å². The van der Waals surface area contributed by atoms with Crippen molar-refractivity contribution in [3.05, 3.63) is 35.9 Å². The number of hydrogen-bond acceptors (Lipinski definition) is 0. The van der Waals surface area contributed by atoms with Gasteiger partial charge in [0, 0.05) is 0 Å². The summed E-state index contributed by atoms with van der Waals surface area (Å²) in [4.78, 5) is 0. The fraction of sp³-hybridized carbons (Fsp3) is 0.600. The van der Waals surface area contributed by atoms with Crippen molar-refractivity contribution in [1.82, 2.24) is 0 Å². The monoisotopic (exact) mass is 204 g/mol. The molecule has 84 valence electrons. The zero-order chi connectivity index (χ0) is 11.3. The molecule has 1 aromatic rings. The van der Waals surface area contributed by atoms with E-state index in [0.29, 0.717) is 5.41 Å². The van der Waals surface area contributed by atoms with Crippen LogP contribution in [-0.4, -0.2) is 0 Å². The third-order valence-corrected chi connectivity index (χ3v) is 2.85. The van der Waals surface area contributed by atoms with Gasteiger partial charge in [0.25, 0.3) is 0 Å². The highest BCUT2D eigenvalue weighted by Gasteiger charge is 2.17. The summed E-state index contributed by atoms with van der Waals surface area (Å²) in [5.74, 6) is 0.826. The topological polar surface area (TPSA) is 0 Å². The Morgan fingerprint density at radius 1 is 1.07 bits per heavy atom. The molecule has 0 N–H and O–H groups in total. The molecule has 0 heteroatoms. The molecule has 0 saturated carbocycles. The average molecular weight is 204 g/mol. The highest BCUT2D eigenvalue weighted by atomic mass is 14.2. The molecule has 0 aliphatic carbocycles. The van der Waals surface area contributed by atoms with Gasteiger partial charge in [-0.2, -0.15) is 0 Å². The molecule has 0 bridgehead atoms. The van der Waals surface area contributed by atoms with E-state index in [1.165, 1.54) is 24.8 Å². The quantitative estimate of drug-likeness (QED) is 0.667. The van der Waals surface area contributed by atoms with Crippen LogP contribution in [0.15, 0.2) is 30.3 Å². The van der Waals surface area contributed by atoms with Crippen molar-refractivity contribution in [1.29, 1.82) is 0 Å². The van der Waals surface area contributed by atoms with Crippen molar-refractivity contribution >= 4 is 0 Å². The number of hydrogen-bond donors (Lipinski definition) is 0. The summed E-state index contributed by atoms with van der Waals surface area (Å²) in [7, 11) is 0. The second-order valence-corrected chi connectivity index (χ2v) is 5.73. The first-order valence-corrected chi connectivity index (χ1v) is 6.05. The molecule has 0 aromatic heterocycles. The van der Waals surface area contributed by atoms with E-state index in [2.05, 4.69) is 58.0 Å². The van der Waals surface area contributed by atoms with E-state index in [4.69, 9.17) is 0 Å². The predicted molar refractivity (Wildman–Crippen MR) is 68.0 cm³/mol. The molecule has 0 aliphatic rings. The molecule has 15 heavy (non-hydrogen) atoms. The van der Waals surface area contributed by atoms with Crippen LogP contribution in [0.4, 0.5) is 0 Å². The van der Waals surface area contributed by atoms with E-state index >= 15 is 0 Å². The summed E-state index contributed by atoms with van der Waals surface area (Å²) < 4.78 is 0. The van der Waals surface area contributed by atoms with Crippen molar-refractivity contribution in [3.63, 3.8) is 0 Å². The van der Waals surface area contributed by atoms with Gasteiger partial charge in [-0.05, 0) is 29.7 Å². The molecule has 0 heterocycles. The largest absolute Gasteiger partial charge is 0.0651 e. The van der Waals surface area contributed by atoms with Crippen LogP contribution in [0.1, 0.15) is 46.1 Å². The summed E-state index contributed by atoms with van der Waals surface area (Å²) in [5, 5.41) is 0. The fourth-order valence-corrected chi connectivity index (χ4v) is 2.17. The van der Waals surface area contributed by atoms with Gasteiger partial charge in [0.1, 0.15) is 0 Å². The van der Waals surface area contributed by atoms with Crippen molar-refractivity contribution in [2.75, 3.05) is 0 Å². The van der Waals surface area contributed by atoms with Gasteiger partial charge in [0.2, 0.25) is 0 Å². The molecular weight excluding hydrogens is 180 g/mol. The van der Waals surface area contributed by atoms with Crippen molar-refractivity contribution in [2.24, 2.45) is 11.3 Å². The minimum atomic E-state index is 0.454. The van der Waals surface area contributed by atoms with Gasteiger partial charge in [0.15, 0.2) is 0 Å². The van der Waals surface area contributed by atoms with Crippen LogP contribution < -0.4 is 0 Å². The lowest BCUT2D eigenvalue weighted by Gasteiger charge is -2.25. The smallest absolute Gasteiger partial charge is 0.0250 e. The Labute approximate surface area is 94.7 Å². The van der Waals surface area contributed by atoms with Gasteiger partial charge in [-0.1, -0.05) is 64.4 Å². The SMILES string of the molecule is CCC(Cc1ccccc1)CC(C)(C)C. The molecule has 1 aromatic carbocycles. The molecule has 0 aliphatic heterocycles. The summed E-state index contributed by atoms with van der Waals surface area (Å²) >= 11 is 0. The minimum absolute atomic E-state index is 0.454. The van der Waals surface area contributed by atoms with E-state index in [1.807, 2.05) is 0 Å². The van der Waals surface area contributed by atoms with Crippen LogP contribution >= 0.6 is 0 Å². The molecule has 1 atom stereocenters. The highest BCUT2D eigenvalue weighted by Crippen LogP contribution is 2.28. The lowest BCUT2D eigenvalue weighted by atomic mass is 9.81. The Kier molecular flexibility index (Phi) is 4.38. The van der Waals surface area contributed by atoms with Crippen molar-refractivity contribution < 1.29 is 0 Å². The third kappa shape index (κ3) is 5.01. The van der Waals surface area contributed by atoms with E-state index in [0.717, 1.165) is 5.92 Å². The Hall–Kier alpha value is -0.780. The molecule has 0 fully saturated rings. The Morgan fingerprint density at radius 2 is 1.67 bits per heavy atom. The third-order valence-electron chi connectivity index (χ3n) is 2.85. The average Bonchev–Trinajstić information content (AvgIpc) is 2.16. The molecule has 0 spiro atoms. The number of benzene rings is 1. The first kappa shape index (κ1) is 12.3. The lowest BCUT2D eigenvalue weighted by Crippen LogP contribution is -2.14. The Bertz CT molecular complexity index is 266. The maximum atomic E-state index is 2.33.